The van der Waals surface area contributed by atoms with E-state index in [1.165, 1.54) is 15.9 Å². The molecule has 0 atom stereocenters. The third kappa shape index (κ3) is 6.01. The fourth-order valence-electron chi connectivity index (χ4n) is 3.08. The minimum absolute atomic E-state index is 0.0228. The van der Waals surface area contributed by atoms with Crippen LogP contribution >= 0.6 is 23.1 Å². The van der Waals surface area contributed by atoms with Gasteiger partial charge in [-0.15, -0.1) is 11.3 Å². The molecule has 0 unspecified atom stereocenters. The molecule has 1 N–H and O–H groups in total. The van der Waals surface area contributed by atoms with E-state index in [0.29, 0.717) is 39.8 Å². The smallest absolute Gasteiger partial charge is 0.341 e. The van der Waals surface area contributed by atoms with Gasteiger partial charge in [-0.3, -0.25) is 14.2 Å². The van der Waals surface area contributed by atoms with Crippen molar-refractivity contribution in [1.82, 2.24) is 9.55 Å². The highest BCUT2D eigenvalue weighted by molar-refractivity contribution is 7.99. The second kappa shape index (κ2) is 11.4. The van der Waals surface area contributed by atoms with Gasteiger partial charge in [-0.1, -0.05) is 37.7 Å². The summed E-state index contributed by atoms with van der Waals surface area (Å²) in [7, 11) is 1.56. The number of benzene rings is 1. The van der Waals surface area contributed by atoms with Crippen molar-refractivity contribution in [2.75, 3.05) is 31.4 Å². The highest BCUT2D eigenvalue weighted by Crippen LogP contribution is 2.33. The lowest BCUT2D eigenvalue weighted by molar-refractivity contribution is -0.113. The van der Waals surface area contributed by atoms with Gasteiger partial charge in [0.1, 0.15) is 5.00 Å². The van der Waals surface area contributed by atoms with E-state index in [1.54, 1.807) is 38.3 Å². The molecule has 2 heterocycles. The molecular weight excluding hydrogens is 462 g/mol. The van der Waals surface area contributed by atoms with Crippen LogP contribution in [0.25, 0.3) is 10.9 Å². The first kappa shape index (κ1) is 24.9. The van der Waals surface area contributed by atoms with Crippen LogP contribution in [0.4, 0.5) is 5.00 Å². The molecule has 1 aromatic carbocycles. The highest BCUT2D eigenvalue weighted by atomic mass is 32.2. The lowest BCUT2D eigenvalue weighted by atomic mass is 10.1. The van der Waals surface area contributed by atoms with E-state index in [9.17, 15) is 14.4 Å². The maximum absolute atomic E-state index is 12.9. The monoisotopic (exact) mass is 489 g/mol. The molecule has 176 valence electrons. The Morgan fingerprint density at radius 1 is 1.27 bits per heavy atom. The van der Waals surface area contributed by atoms with Crippen LogP contribution < -0.4 is 10.9 Å². The Balaban J connectivity index is 1.81. The molecule has 8 nitrogen and oxygen atoms in total. The van der Waals surface area contributed by atoms with Gasteiger partial charge in [0, 0.05) is 12.0 Å². The van der Waals surface area contributed by atoms with E-state index in [-0.39, 0.29) is 29.7 Å². The van der Waals surface area contributed by atoms with Crippen LogP contribution in [-0.4, -0.2) is 47.5 Å². The summed E-state index contributed by atoms with van der Waals surface area (Å²) in [5.74, 6) is -0.536. The van der Waals surface area contributed by atoms with Crippen molar-refractivity contribution in [3.05, 3.63) is 51.1 Å². The molecule has 0 saturated heterocycles. The number of rotatable bonds is 10. The lowest BCUT2D eigenvalue weighted by Crippen LogP contribution is -2.26. The van der Waals surface area contributed by atoms with Gasteiger partial charge in [-0.25, -0.2) is 9.78 Å². The average molecular weight is 490 g/mol. The Bertz CT molecular complexity index is 1200. The molecule has 2 aromatic heterocycles. The van der Waals surface area contributed by atoms with Crippen molar-refractivity contribution in [1.29, 1.82) is 0 Å². The number of hydrogen-bond acceptors (Lipinski definition) is 8. The molecule has 33 heavy (non-hydrogen) atoms. The first-order chi connectivity index (χ1) is 15.8. The number of thioether (sulfide) groups is 1. The number of ether oxygens (including phenoxy) is 2. The largest absolute Gasteiger partial charge is 0.462 e. The van der Waals surface area contributed by atoms with E-state index in [1.807, 2.05) is 19.9 Å². The zero-order valence-corrected chi connectivity index (χ0v) is 20.7. The van der Waals surface area contributed by atoms with Crippen LogP contribution in [0.15, 0.2) is 40.3 Å². The Morgan fingerprint density at radius 3 is 2.73 bits per heavy atom. The van der Waals surface area contributed by atoms with Gasteiger partial charge in [0.05, 0.1) is 42.0 Å². The fourth-order valence-corrected chi connectivity index (χ4v) is 4.97. The number of thiophene rings is 1. The number of nitrogens with zero attached hydrogens (tertiary/aromatic N) is 2. The number of aromatic nitrogens is 2. The van der Waals surface area contributed by atoms with Crippen molar-refractivity contribution in [2.45, 2.75) is 38.4 Å². The van der Waals surface area contributed by atoms with E-state index >= 15 is 0 Å². The number of carbonyl (C=O) groups is 2. The first-order valence-corrected chi connectivity index (χ1v) is 12.4. The second-order valence-electron chi connectivity index (χ2n) is 7.46. The third-order valence-corrected chi connectivity index (χ3v) is 7.07. The Hall–Kier alpha value is -2.69. The lowest BCUT2D eigenvalue weighted by Gasteiger charge is -2.12. The Kier molecular flexibility index (Phi) is 8.65. The maximum Gasteiger partial charge on any atom is 0.341 e. The molecule has 1 amide bonds. The number of para-hydroxylation sites is 1. The van der Waals surface area contributed by atoms with Gasteiger partial charge in [0.25, 0.3) is 5.56 Å². The number of carbonyl (C=O) groups excluding carboxylic acids is 2. The van der Waals surface area contributed by atoms with Crippen LogP contribution in [0.2, 0.25) is 0 Å². The molecule has 10 heteroatoms. The summed E-state index contributed by atoms with van der Waals surface area (Å²) in [5.41, 5.74) is 0.748. The van der Waals surface area contributed by atoms with Crippen molar-refractivity contribution in [3.8, 4) is 0 Å². The van der Waals surface area contributed by atoms with Crippen molar-refractivity contribution < 1.29 is 19.1 Å². The van der Waals surface area contributed by atoms with E-state index in [0.717, 1.165) is 16.6 Å². The summed E-state index contributed by atoms with van der Waals surface area (Å²) in [4.78, 5) is 43.6. The van der Waals surface area contributed by atoms with Gasteiger partial charge in [-0.05, 0) is 31.0 Å². The Labute approximate surface area is 200 Å². The summed E-state index contributed by atoms with van der Waals surface area (Å²) in [6, 6.07) is 8.88. The second-order valence-corrected chi connectivity index (χ2v) is 9.49. The normalized spacial score (nSPS) is 11.2. The number of fused-ring (bicyclic) bond motifs is 1. The third-order valence-electron chi connectivity index (χ3n) is 4.75. The van der Waals surface area contributed by atoms with Gasteiger partial charge in [0.15, 0.2) is 5.16 Å². The highest BCUT2D eigenvalue weighted by Gasteiger charge is 2.21. The van der Waals surface area contributed by atoms with Crippen molar-refractivity contribution in [3.63, 3.8) is 0 Å². The minimum atomic E-state index is -0.465. The van der Waals surface area contributed by atoms with Crippen LogP contribution in [-0.2, 0) is 20.8 Å². The van der Waals surface area contributed by atoms with Crippen molar-refractivity contribution in [2.24, 2.45) is 0 Å². The van der Waals surface area contributed by atoms with E-state index < -0.39 is 5.97 Å². The molecule has 0 bridgehead atoms. The topological polar surface area (TPSA) is 99.5 Å². The number of amides is 1. The Morgan fingerprint density at radius 2 is 2.03 bits per heavy atom. The van der Waals surface area contributed by atoms with Crippen LogP contribution in [0.5, 0.6) is 0 Å². The minimum Gasteiger partial charge on any atom is -0.462 e. The SMILES string of the molecule is CCOC(=O)c1cc(C(C)C)sc1NC(=O)CSc1nc2ccccc2c(=O)n1CCOC. The quantitative estimate of drug-likeness (QED) is 0.260. The molecule has 0 fully saturated rings. The summed E-state index contributed by atoms with van der Waals surface area (Å²) < 4.78 is 11.8. The predicted octanol–water partition coefficient (Wildman–Crippen LogP) is 4.14. The molecule has 0 aliphatic rings. The van der Waals surface area contributed by atoms with Crippen molar-refractivity contribution >= 4 is 50.9 Å². The van der Waals surface area contributed by atoms with Gasteiger partial charge < -0.3 is 14.8 Å². The summed E-state index contributed by atoms with van der Waals surface area (Å²) in [5, 5.41) is 4.24. The van der Waals surface area contributed by atoms with E-state index in [2.05, 4.69) is 10.3 Å². The number of hydrogen-bond donors (Lipinski definition) is 1. The average Bonchev–Trinajstić information content (AvgIpc) is 3.21. The maximum atomic E-state index is 12.9. The molecule has 0 aliphatic heterocycles. The molecule has 3 rings (SSSR count). The molecule has 0 saturated carbocycles. The van der Waals surface area contributed by atoms with Crippen LogP contribution in [0.1, 0.15) is 41.9 Å². The first-order valence-electron chi connectivity index (χ1n) is 10.6. The molecule has 0 spiro atoms. The summed E-state index contributed by atoms with van der Waals surface area (Å²) in [6.07, 6.45) is 0. The summed E-state index contributed by atoms with van der Waals surface area (Å²) in [6.45, 7) is 6.70. The molecule has 0 radical (unpaired) electrons. The molecule has 0 aliphatic carbocycles. The number of anilines is 1. The number of methoxy groups -OCH3 is 1. The molecular formula is C23H27N3O5S2. The van der Waals surface area contributed by atoms with Gasteiger partial charge >= 0.3 is 5.97 Å². The van der Waals surface area contributed by atoms with Gasteiger partial charge in [0.2, 0.25) is 5.91 Å². The zero-order chi connectivity index (χ0) is 24.0. The predicted molar refractivity (Wildman–Crippen MR) is 132 cm³/mol. The standard InChI is InChI=1S/C23H27N3O5S2/c1-5-31-22(29)16-12-18(14(2)3)33-20(16)25-19(27)13-32-23-24-17-9-7-6-8-15(17)21(28)26(23)10-11-30-4/h6-9,12,14H,5,10-11,13H2,1-4H3,(H,25,27). The van der Waals surface area contributed by atoms with Crippen LogP contribution in [0, 0.1) is 0 Å². The number of esters is 1. The van der Waals surface area contributed by atoms with Gasteiger partial charge in [-0.2, -0.15) is 0 Å². The summed E-state index contributed by atoms with van der Waals surface area (Å²) >= 11 is 2.53. The van der Waals surface area contributed by atoms with Crippen LogP contribution in [0.3, 0.4) is 0 Å². The molecule has 3 aromatic rings. The van der Waals surface area contributed by atoms with E-state index in [4.69, 9.17) is 9.47 Å². The fraction of sp³-hybridized carbons (Fsp3) is 0.391. The zero-order valence-electron chi connectivity index (χ0n) is 19.0. The number of nitrogens with one attached hydrogen (secondary N) is 1.